The smallest absolute Gasteiger partial charge is 0.167 e. The van der Waals surface area contributed by atoms with Crippen molar-refractivity contribution in [2.45, 2.75) is 112 Å². The van der Waals surface area contributed by atoms with Crippen LogP contribution >= 0.6 is 0 Å². The summed E-state index contributed by atoms with van der Waals surface area (Å²) in [7, 11) is 1.53. The van der Waals surface area contributed by atoms with E-state index in [0.717, 1.165) is 93.2 Å². The van der Waals surface area contributed by atoms with E-state index in [2.05, 4.69) is 61.2 Å². The standard InChI is InChI=1S/C18H16N2O3.5C18H16N2O2/c1-23-18-5-3-2-4-14(18)17(22)9-8-16(21)12-6-7-15-13(10-12)11-19-20-15;2*1-12-2-4-13(5-3-12)17(21)8-9-18(22)14-6-7-16-15(10-14)11-19-20-16;2*1-12-3-2-4-13(9-12)17(21)7-8-18(22)14-5-6-16-15(10-14)11-19-20-16;1-12-4-2-3-5-15(12)18(22)9-8-17(21)13-6-7-16-14(10-13)11-19-20-16/h2-7,10-11H,8-9H2,1H3,(H,19,20);2*2-7,10-11H,8-9H2,1H3,(H,19,20);2*2-6,9-11H,7-8H2,1H3,(H,19,20);2-7,10-11H,8-9H2,1H3,(H,19,20). The fourth-order valence-corrected chi connectivity index (χ4v) is 14.6. The Kier molecular flexibility index (Phi) is 32.0. The van der Waals surface area contributed by atoms with E-state index in [0.29, 0.717) is 72.5 Å². The van der Waals surface area contributed by atoms with Gasteiger partial charge >= 0.3 is 0 Å². The average molecular weight is 1770 g/mol. The van der Waals surface area contributed by atoms with Gasteiger partial charge in [-0.2, -0.15) is 30.6 Å². The van der Waals surface area contributed by atoms with Gasteiger partial charge in [-0.25, -0.2) is 0 Å². The number of aryl methyl sites for hydroxylation is 5. The number of nitrogens with one attached hydrogen (secondary N) is 6. The number of nitrogens with zero attached hydrogens (tertiary/aromatic N) is 6. The molecule has 25 nitrogen and oxygen atoms in total. The maximum Gasteiger partial charge on any atom is 0.167 e. The Balaban J connectivity index is 0.000000136. The molecule has 0 amide bonds. The fraction of sp³-hybridized carbons (Fsp3) is 0.167. The lowest BCUT2D eigenvalue weighted by molar-refractivity contribution is 0.0916. The zero-order chi connectivity index (χ0) is 93.9. The number of fused-ring (bicyclic) bond motifs is 6. The number of methoxy groups -OCH3 is 1. The van der Waals surface area contributed by atoms with Crippen LogP contribution in [-0.4, -0.2) is 138 Å². The monoisotopic (exact) mass is 1770 g/mol. The molecule has 18 aromatic rings. The van der Waals surface area contributed by atoms with Gasteiger partial charge in [0.1, 0.15) is 5.75 Å². The molecule has 6 aromatic heterocycles. The van der Waals surface area contributed by atoms with Gasteiger partial charge in [0, 0.05) is 171 Å². The molecule has 6 heterocycles. The highest BCUT2D eigenvalue weighted by molar-refractivity contribution is 6.09. The summed E-state index contributed by atoms with van der Waals surface area (Å²) >= 11 is 0. The van der Waals surface area contributed by atoms with Crippen LogP contribution in [0.5, 0.6) is 5.75 Å². The summed E-state index contributed by atoms with van der Waals surface area (Å²) in [6.07, 6.45) is 12.6. The second-order valence-electron chi connectivity index (χ2n) is 32.1. The maximum absolute atomic E-state index is 12.3. The predicted octanol–water partition coefficient (Wildman–Crippen LogP) is 22.0. The summed E-state index contributed by atoms with van der Waals surface area (Å²) in [4.78, 5) is 146. The topological polar surface area (TPSA) is 386 Å². The second-order valence-corrected chi connectivity index (χ2v) is 32.1. The minimum Gasteiger partial charge on any atom is -0.496 e. The molecule has 18 rings (SSSR count). The lowest BCUT2D eigenvalue weighted by Crippen LogP contribution is -2.06. The molecule has 0 bridgehead atoms. The van der Waals surface area contributed by atoms with Gasteiger partial charge in [-0.05, 0) is 174 Å². The van der Waals surface area contributed by atoms with Crippen LogP contribution in [-0.2, 0) is 0 Å². The number of carbonyl (C=O) groups is 12. The van der Waals surface area contributed by atoms with Gasteiger partial charge in [-0.1, -0.05) is 144 Å². The molecular formula is C108H96N12O13. The summed E-state index contributed by atoms with van der Waals surface area (Å²) in [5.74, 6) is 0.265. The molecule has 666 valence electrons. The molecule has 12 aromatic carbocycles. The lowest BCUT2D eigenvalue weighted by Gasteiger charge is -2.07. The van der Waals surface area contributed by atoms with Gasteiger partial charge in [0.25, 0.3) is 0 Å². The van der Waals surface area contributed by atoms with E-state index in [1.165, 1.54) is 7.11 Å². The highest BCUT2D eigenvalue weighted by atomic mass is 16.5. The first-order valence-electron chi connectivity index (χ1n) is 43.3. The normalized spacial score (nSPS) is 10.8. The van der Waals surface area contributed by atoms with Crippen LogP contribution in [0.3, 0.4) is 0 Å². The Hall–Kier alpha value is -16.7. The summed E-state index contributed by atoms with van der Waals surface area (Å²) in [6.45, 7) is 9.75. The van der Waals surface area contributed by atoms with E-state index in [1.54, 1.807) is 177 Å². The largest absolute Gasteiger partial charge is 0.496 e. The molecule has 0 aliphatic rings. The zero-order valence-corrected chi connectivity index (χ0v) is 74.2. The van der Waals surface area contributed by atoms with Crippen molar-refractivity contribution in [1.29, 1.82) is 0 Å². The van der Waals surface area contributed by atoms with Crippen molar-refractivity contribution in [2.75, 3.05) is 7.11 Å². The molecule has 0 fully saturated rings. The Morgan fingerprint density at radius 1 is 0.211 bits per heavy atom. The minimum atomic E-state index is -0.0970. The van der Waals surface area contributed by atoms with Crippen molar-refractivity contribution in [3.63, 3.8) is 0 Å². The molecule has 6 N–H and O–H groups in total. The SMILES string of the molecule is COc1ccccc1C(=O)CCC(=O)c1ccc2[nH]ncc2c1.Cc1ccc(C(=O)CCC(=O)c2ccc3[nH]ncc3c2)cc1.Cc1ccc(C(=O)CCC(=O)c2ccc3[nH]ncc3c2)cc1.Cc1cccc(C(=O)CCC(=O)c2ccc3[nH]ncc3c2)c1.Cc1cccc(C(=O)CCC(=O)c2ccc3[nH]ncc3c2)c1.Cc1ccccc1C(=O)CCC(=O)c1ccc2[nH]ncc2c1. The van der Waals surface area contributed by atoms with Crippen LogP contribution in [0.2, 0.25) is 0 Å². The number of ether oxygens (including phenoxy) is 1. The molecule has 0 aliphatic carbocycles. The number of H-pyrrole nitrogens is 6. The van der Waals surface area contributed by atoms with Crippen molar-refractivity contribution in [3.05, 3.63) is 387 Å². The van der Waals surface area contributed by atoms with E-state index in [-0.39, 0.29) is 146 Å². The van der Waals surface area contributed by atoms with E-state index in [1.807, 2.05) is 150 Å². The van der Waals surface area contributed by atoms with Crippen LogP contribution in [0.1, 0.15) is 229 Å². The first kappa shape index (κ1) is 93.9. The lowest BCUT2D eigenvalue weighted by atomic mass is 9.98. The maximum atomic E-state index is 12.3. The van der Waals surface area contributed by atoms with Gasteiger partial charge in [-0.15, -0.1) is 0 Å². The third kappa shape index (κ3) is 25.8. The van der Waals surface area contributed by atoms with E-state index >= 15 is 0 Å². The number of hydrogen-bond acceptors (Lipinski definition) is 19. The number of Topliss-reactive ketones (excluding diaryl/α,β-unsaturated/α-hetero) is 12. The van der Waals surface area contributed by atoms with E-state index in [4.69, 9.17) is 4.74 Å². The minimum absolute atomic E-state index is 0.00133. The van der Waals surface area contributed by atoms with Crippen molar-refractivity contribution < 1.29 is 62.3 Å². The van der Waals surface area contributed by atoms with Crippen molar-refractivity contribution >= 4 is 135 Å². The first-order chi connectivity index (χ1) is 64.4. The van der Waals surface area contributed by atoms with E-state index < -0.39 is 0 Å². The van der Waals surface area contributed by atoms with Crippen molar-refractivity contribution in [1.82, 2.24) is 61.2 Å². The van der Waals surface area contributed by atoms with Crippen molar-refractivity contribution in [2.24, 2.45) is 0 Å². The van der Waals surface area contributed by atoms with Crippen LogP contribution in [0.15, 0.2) is 292 Å². The first-order valence-corrected chi connectivity index (χ1v) is 43.3. The third-order valence-corrected chi connectivity index (χ3v) is 22.3. The van der Waals surface area contributed by atoms with Gasteiger partial charge < -0.3 is 4.74 Å². The Bertz CT molecular complexity index is 7020. The Labute approximate surface area is 765 Å². The van der Waals surface area contributed by atoms with Gasteiger partial charge in [0.05, 0.1) is 83.0 Å². The molecule has 133 heavy (non-hydrogen) atoms. The molecule has 0 saturated carbocycles. The average Bonchev–Trinajstić information content (AvgIpc) is 1.41. The Morgan fingerprint density at radius 2 is 0.429 bits per heavy atom. The van der Waals surface area contributed by atoms with Crippen LogP contribution in [0.25, 0.3) is 65.4 Å². The Morgan fingerprint density at radius 3 is 0.684 bits per heavy atom. The number of rotatable bonds is 31. The zero-order valence-electron chi connectivity index (χ0n) is 74.2. The molecular weight excluding hydrogens is 1670 g/mol. The van der Waals surface area contributed by atoms with E-state index in [9.17, 15) is 57.5 Å². The fourth-order valence-electron chi connectivity index (χ4n) is 14.6. The summed E-state index contributed by atoms with van der Waals surface area (Å²) < 4.78 is 5.18. The number of hydrogen-bond donors (Lipinski definition) is 6. The molecule has 0 atom stereocenters. The number of para-hydroxylation sites is 1. The highest BCUT2D eigenvalue weighted by Gasteiger charge is 2.21. The number of carbonyl (C=O) groups excluding carboxylic acids is 12. The summed E-state index contributed by atoms with van der Waals surface area (Å²) in [5, 5.41) is 46.0. The van der Waals surface area contributed by atoms with Crippen molar-refractivity contribution in [3.8, 4) is 5.75 Å². The summed E-state index contributed by atoms with van der Waals surface area (Å²) in [6, 6.07) is 76.6. The second kappa shape index (κ2) is 45.3. The van der Waals surface area contributed by atoms with Gasteiger partial charge in [0.15, 0.2) is 69.4 Å². The number of aromatic amines is 6. The molecule has 0 unspecified atom stereocenters. The third-order valence-electron chi connectivity index (χ3n) is 22.3. The number of aromatic nitrogens is 12. The predicted molar refractivity (Wildman–Crippen MR) is 513 cm³/mol. The quantitative estimate of drug-likeness (QED) is 0.0220. The molecule has 25 heteroatoms. The van der Waals surface area contributed by atoms with Crippen LogP contribution in [0, 0.1) is 34.6 Å². The highest BCUT2D eigenvalue weighted by Crippen LogP contribution is 2.26. The molecule has 0 radical (unpaired) electrons. The molecule has 0 aliphatic heterocycles. The van der Waals surface area contributed by atoms with Gasteiger partial charge in [-0.3, -0.25) is 88.1 Å². The summed E-state index contributed by atoms with van der Waals surface area (Å²) in [5.41, 5.74) is 18.1. The van der Waals surface area contributed by atoms with Crippen LogP contribution in [0.4, 0.5) is 0 Å². The van der Waals surface area contributed by atoms with Crippen LogP contribution < -0.4 is 4.74 Å². The van der Waals surface area contributed by atoms with Gasteiger partial charge in [0.2, 0.25) is 0 Å². The molecule has 0 spiro atoms. The number of benzene rings is 12. The number of ketones is 12. The molecule has 0 saturated heterocycles.